The summed E-state index contributed by atoms with van der Waals surface area (Å²) < 4.78 is 26.8. The lowest BCUT2D eigenvalue weighted by Gasteiger charge is -2.31. The third kappa shape index (κ3) is 6.43. The molecule has 2 aromatic rings. The number of amides is 2. The number of anilines is 1. The average molecular weight is 543 g/mol. The molecule has 0 radical (unpaired) electrons. The minimum atomic E-state index is -3.71. The predicted octanol–water partition coefficient (Wildman–Crippen LogP) is 2.53. The lowest BCUT2D eigenvalue weighted by atomic mass is 10.1. The Kier molecular flexibility index (Phi) is 8.25. The molecular formula is C21H26IN3O4S. The van der Waals surface area contributed by atoms with E-state index in [1.165, 1.54) is 11.9 Å². The number of halogens is 1. The summed E-state index contributed by atoms with van der Waals surface area (Å²) in [5.41, 5.74) is 2.33. The van der Waals surface area contributed by atoms with Gasteiger partial charge in [0.25, 0.3) is 0 Å². The molecule has 0 aliphatic carbocycles. The van der Waals surface area contributed by atoms with Gasteiger partial charge < -0.3 is 10.2 Å². The van der Waals surface area contributed by atoms with Crippen LogP contribution >= 0.6 is 22.6 Å². The quantitative estimate of drug-likeness (QED) is 0.519. The number of nitrogens with one attached hydrogen (secondary N) is 1. The first kappa shape index (κ1) is 24.1. The molecule has 0 aliphatic rings. The number of hydrogen-bond donors (Lipinski definition) is 1. The number of hydrogen-bond acceptors (Lipinski definition) is 4. The van der Waals surface area contributed by atoms with Crippen molar-refractivity contribution in [2.24, 2.45) is 0 Å². The molecule has 30 heavy (non-hydrogen) atoms. The molecule has 0 saturated carbocycles. The van der Waals surface area contributed by atoms with E-state index in [0.717, 1.165) is 25.3 Å². The van der Waals surface area contributed by atoms with Gasteiger partial charge in [-0.25, -0.2) is 8.42 Å². The number of rotatable bonds is 8. The zero-order valence-electron chi connectivity index (χ0n) is 17.4. The van der Waals surface area contributed by atoms with Crippen LogP contribution in [0.2, 0.25) is 0 Å². The molecule has 0 aliphatic heterocycles. The van der Waals surface area contributed by atoms with Crippen LogP contribution < -0.4 is 9.62 Å². The summed E-state index contributed by atoms with van der Waals surface area (Å²) in [6.45, 7) is 3.38. The second kappa shape index (κ2) is 10.3. The molecule has 9 heteroatoms. The smallest absolute Gasteiger partial charge is 0.244 e. The molecule has 1 N–H and O–H groups in total. The van der Waals surface area contributed by atoms with Crippen molar-refractivity contribution in [3.63, 3.8) is 0 Å². The second-order valence-electron chi connectivity index (χ2n) is 7.04. The number of sulfonamides is 1. The van der Waals surface area contributed by atoms with Gasteiger partial charge in [0.1, 0.15) is 12.6 Å². The fourth-order valence-electron chi connectivity index (χ4n) is 2.90. The molecule has 2 amide bonds. The summed E-state index contributed by atoms with van der Waals surface area (Å²) in [5, 5.41) is 2.55. The van der Waals surface area contributed by atoms with Crippen LogP contribution in [-0.4, -0.2) is 51.0 Å². The zero-order valence-corrected chi connectivity index (χ0v) is 20.4. The molecule has 162 valence electrons. The number of carbonyl (C=O) groups excluding carboxylic acids is 2. The van der Waals surface area contributed by atoms with Crippen LogP contribution in [0.3, 0.4) is 0 Å². The third-order valence-corrected chi connectivity index (χ3v) is 6.54. The molecule has 0 aromatic heterocycles. The Balaban J connectivity index is 2.35. The normalized spacial score (nSPS) is 12.2. The largest absolute Gasteiger partial charge is 0.357 e. The van der Waals surface area contributed by atoms with Crippen molar-refractivity contribution < 1.29 is 18.0 Å². The van der Waals surface area contributed by atoms with E-state index in [0.29, 0.717) is 5.69 Å². The van der Waals surface area contributed by atoms with Crippen molar-refractivity contribution >= 4 is 50.1 Å². The van der Waals surface area contributed by atoms with Gasteiger partial charge in [0, 0.05) is 17.2 Å². The van der Waals surface area contributed by atoms with Crippen molar-refractivity contribution in [1.29, 1.82) is 0 Å². The van der Waals surface area contributed by atoms with Crippen LogP contribution in [0.15, 0.2) is 48.5 Å². The lowest BCUT2D eigenvalue weighted by molar-refractivity contribution is -0.139. The maximum Gasteiger partial charge on any atom is 0.244 e. The van der Waals surface area contributed by atoms with E-state index < -0.39 is 28.5 Å². The molecule has 0 unspecified atom stereocenters. The Morgan fingerprint density at radius 3 is 2.13 bits per heavy atom. The number of carbonyl (C=O) groups is 2. The van der Waals surface area contributed by atoms with Gasteiger partial charge in [-0.3, -0.25) is 13.9 Å². The predicted molar refractivity (Wildman–Crippen MR) is 127 cm³/mol. The van der Waals surface area contributed by atoms with E-state index in [2.05, 4.69) is 27.9 Å². The number of likely N-dealkylation sites (N-methyl/N-ethyl adjacent to an activating group) is 1. The van der Waals surface area contributed by atoms with Crippen molar-refractivity contribution in [2.75, 3.05) is 24.2 Å². The first-order chi connectivity index (χ1) is 14.0. The molecular weight excluding hydrogens is 517 g/mol. The molecule has 0 saturated heterocycles. The Labute approximate surface area is 191 Å². The van der Waals surface area contributed by atoms with Gasteiger partial charge in [-0.2, -0.15) is 0 Å². The highest BCUT2D eigenvalue weighted by molar-refractivity contribution is 14.1. The highest BCUT2D eigenvalue weighted by atomic mass is 127. The summed E-state index contributed by atoms with van der Waals surface area (Å²) in [6.07, 6.45) is 1.06. The van der Waals surface area contributed by atoms with Crippen molar-refractivity contribution in [3.05, 3.63) is 63.2 Å². The van der Waals surface area contributed by atoms with Crippen molar-refractivity contribution in [2.45, 2.75) is 26.4 Å². The lowest BCUT2D eigenvalue weighted by Crippen LogP contribution is -2.50. The summed E-state index contributed by atoms with van der Waals surface area (Å²) >= 11 is 2.12. The third-order valence-electron chi connectivity index (χ3n) is 4.68. The van der Waals surface area contributed by atoms with Crippen LogP contribution in [0, 0.1) is 10.5 Å². The fraction of sp³-hybridized carbons (Fsp3) is 0.333. The molecule has 0 spiro atoms. The van der Waals surface area contributed by atoms with E-state index in [-0.39, 0.29) is 12.5 Å². The highest BCUT2D eigenvalue weighted by Crippen LogP contribution is 2.20. The highest BCUT2D eigenvalue weighted by Gasteiger charge is 2.29. The summed E-state index contributed by atoms with van der Waals surface area (Å²) in [5.74, 6) is -0.786. The van der Waals surface area contributed by atoms with Crippen molar-refractivity contribution in [1.82, 2.24) is 10.2 Å². The van der Waals surface area contributed by atoms with Gasteiger partial charge in [-0.15, -0.1) is 0 Å². The fourth-order valence-corrected chi connectivity index (χ4v) is 4.11. The number of nitrogens with zero attached hydrogens (tertiary/aromatic N) is 2. The SMILES string of the molecule is CNC(=O)[C@H](C)N(Cc1ccc(C)cc1)C(=O)CN(c1ccc(I)cc1)S(C)(=O)=O. The first-order valence-electron chi connectivity index (χ1n) is 9.33. The molecule has 1 atom stereocenters. The van der Waals surface area contributed by atoms with E-state index >= 15 is 0 Å². The van der Waals surface area contributed by atoms with Gasteiger partial charge in [-0.05, 0) is 66.3 Å². The minimum Gasteiger partial charge on any atom is -0.357 e. The number of benzene rings is 2. The average Bonchev–Trinajstić information content (AvgIpc) is 2.70. The van der Waals surface area contributed by atoms with Gasteiger partial charge >= 0.3 is 0 Å². The number of aryl methyl sites for hydroxylation is 1. The molecule has 2 rings (SSSR count). The molecule has 0 heterocycles. The standard InChI is InChI=1S/C21H26IN3O4S/c1-15-5-7-17(8-6-15)13-24(16(2)21(27)23-3)20(26)14-25(30(4,28)29)19-11-9-18(22)10-12-19/h5-12,16H,13-14H2,1-4H3,(H,23,27)/t16-/m0/s1. The summed E-state index contributed by atoms with van der Waals surface area (Å²) in [4.78, 5) is 26.9. The van der Waals surface area contributed by atoms with Crippen LogP contribution in [0.25, 0.3) is 0 Å². The maximum absolute atomic E-state index is 13.2. The first-order valence-corrected chi connectivity index (χ1v) is 12.3. The van der Waals surface area contributed by atoms with Gasteiger partial charge in [-0.1, -0.05) is 29.8 Å². The van der Waals surface area contributed by atoms with E-state index in [4.69, 9.17) is 0 Å². The van der Waals surface area contributed by atoms with Crippen LogP contribution in [0.5, 0.6) is 0 Å². The van der Waals surface area contributed by atoms with Crippen molar-refractivity contribution in [3.8, 4) is 0 Å². The van der Waals surface area contributed by atoms with E-state index in [1.807, 2.05) is 31.2 Å². The Hall–Kier alpha value is -2.14. The van der Waals surface area contributed by atoms with Gasteiger partial charge in [0.05, 0.1) is 11.9 Å². The monoisotopic (exact) mass is 543 g/mol. The zero-order chi connectivity index (χ0) is 22.5. The molecule has 0 fully saturated rings. The Bertz CT molecular complexity index is 992. The maximum atomic E-state index is 13.2. The van der Waals surface area contributed by atoms with Gasteiger partial charge in [0.2, 0.25) is 21.8 Å². The Morgan fingerprint density at radius 2 is 1.63 bits per heavy atom. The van der Waals surface area contributed by atoms with Crippen LogP contribution in [0.4, 0.5) is 5.69 Å². The molecule has 2 aromatic carbocycles. The minimum absolute atomic E-state index is 0.192. The van der Waals surface area contributed by atoms with Crippen LogP contribution in [0.1, 0.15) is 18.1 Å². The van der Waals surface area contributed by atoms with Gasteiger partial charge in [0.15, 0.2) is 0 Å². The van der Waals surface area contributed by atoms with Crippen LogP contribution in [-0.2, 0) is 26.2 Å². The molecule has 7 nitrogen and oxygen atoms in total. The molecule has 0 bridgehead atoms. The topological polar surface area (TPSA) is 86.8 Å². The van der Waals surface area contributed by atoms with E-state index in [9.17, 15) is 18.0 Å². The second-order valence-corrected chi connectivity index (χ2v) is 10.2. The van der Waals surface area contributed by atoms with E-state index in [1.54, 1.807) is 31.2 Å². The Morgan fingerprint density at radius 1 is 1.07 bits per heavy atom. The summed E-state index contributed by atoms with van der Waals surface area (Å²) in [6, 6.07) is 13.7. The summed E-state index contributed by atoms with van der Waals surface area (Å²) in [7, 11) is -2.20.